The number of nitrogens with zero attached hydrogens (tertiary/aromatic N) is 1. The van der Waals surface area contributed by atoms with E-state index in [4.69, 9.17) is 19.0 Å². The highest BCUT2D eigenvalue weighted by Gasteiger charge is 2.45. The molecule has 144 valence electrons. The molecule has 0 radical (unpaired) electrons. The van der Waals surface area contributed by atoms with E-state index in [0.29, 0.717) is 12.5 Å². The fourth-order valence-electron chi connectivity index (χ4n) is 3.82. The Morgan fingerprint density at radius 1 is 1.23 bits per heavy atom. The van der Waals surface area contributed by atoms with Crippen LogP contribution in [0.5, 0.6) is 5.75 Å². The van der Waals surface area contributed by atoms with Gasteiger partial charge in [-0.25, -0.2) is 0 Å². The average molecular weight is 361 g/mol. The zero-order chi connectivity index (χ0) is 18.2. The van der Waals surface area contributed by atoms with E-state index >= 15 is 0 Å². The van der Waals surface area contributed by atoms with Crippen LogP contribution in [-0.4, -0.2) is 37.9 Å². The molecular weight excluding hydrogens is 330 g/mol. The van der Waals surface area contributed by atoms with E-state index in [1.165, 1.54) is 24.8 Å². The van der Waals surface area contributed by atoms with Crippen molar-refractivity contribution in [2.75, 3.05) is 19.8 Å². The summed E-state index contributed by atoms with van der Waals surface area (Å²) in [6.07, 6.45) is 8.22. The second-order valence-corrected chi connectivity index (χ2v) is 7.22. The summed E-state index contributed by atoms with van der Waals surface area (Å²) in [7, 11) is 0. The smallest absolute Gasteiger partial charge is 0.171 e. The second kappa shape index (κ2) is 9.38. The van der Waals surface area contributed by atoms with Gasteiger partial charge in [0.05, 0.1) is 13.2 Å². The molecule has 1 saturated carbocycles. The fraction of sp³-hybridized carbons (Fsp3) is 0.667. The van der Waals surface area contributed by atoms with Crippen molar-refractivity contribution in [3.05, 3.63) is 29.8 Å². The van der Waals surface area contributed by atoms with E-state index in [2.05, 4.69) is 17.3 Å². The molecule has 1 unspecified atom stereocenters. The van der Waals surface area contributed by atoms with Crippen LogP contribution >= 0.6 is 0 Å². The predicted octanol–water partition coefficient (Wildman–Crippen LogP) is 4.34. The SMILES string of the molecule is CC/C=N/OC[C@@H](C)Oc1ccc(CC2CCCCC23OCCO3)cc1. The maximum absolute atomic E-state index is 6.03. The summed E-state index contributed by atoms with van der Waals surface area (Å²) in [6.45, 7) is 5.90. The zero-order valence-electron chi connectivity index (χ0n) is 16.0. The van der Waals surface area contributed by atoms with E-state index in [1.807, 2.05) is 26.0 Å². The molecule has 1 aliphatic carbocycles. The van der Waals surface area contributed by atoms with Gasteiger partial charge in [0.15, 0.2) is 12.4 Å². The van der Waals surface area contributed by atoms with Crippen molar-refractivity contribution < 1.29 is 19.0 Å². The van der Waals surface area contributed by atoms with Gasteiger partial charge >= 0.3 is 0 Å². The summed E-state index contributed by atoms with van der Waals surface area (Å²) in [4.78, 5) is 5.20. The maximum Gasteiger partial charge on any atom is 0.171 e. The first-order valence-electron chi connectivity index (χ1n) is 9.89. The van der Waals surface area contributed by atoms with Crippen LogP contribution in [0.25, 0.3) is 0 Å². The van der Waals surface area contributed by atoms with Gasteiger partial charge in [0.2, 0.25) is 0 Å². The third-order valence-electron chi connectivity index (χ3n) is 5.11. The minimum atomic E-state index is -0.335. The van der Waals surface area contributed by atoms with Gasteiger partial charge in [-0.3, -0.25) is 0 Å². The van der Waals surface area contributed by atoms with Gasteiger partial charge in [0.1, 0.15) is 11.9 Å². The fourth-order valence-corrected chi connectivity index (χ4v) is 3.82. The second-order valence-electron chi connectivity index (χ2n) is 7.22. The van der Waals surface area contributed by atoms with Crippen molar-refractivity contribution in [2.24, 2.45) is 11.1 Å². The minimum Gasteiger partial charge on any atom is -0.487 e. The molecule has 1 saturated heterocycles. The number of rotatable bonds is 8. The van der Waals surface area contributed by atoms with Gasteiger partial charge < -0.3 is 19.0 Å². The Morgan fingerprint density at radius 2 is 2.00 bits per heavy atom. The topological polar surface area (TPSA) is 49.3 Å². The van der Waals surface area contributed by atoms with Gasteiger partial charge in [-0.1, -0.05) is 30.6 Å². The normalized spacial score (nSPS) is 23.4. The lowest BCUT2D eigenvalue weighted by atomic mass is 9.79. The Balaban J connectivity index is 1.51. The molecule has 3 rings (SSSR count). The van der Waals surface area contributed by atoms with Crippen molar-refractivity contribution in [3.63, 3.8) is 0 Å². The third-order valence-corrected chi connectivity index (χ3v) is 5.11. The number of hydrogen-bond donors (Lipinski definition) is 0. The summed E-state index contributed by atoms with van der Waals surface area (Å²) in [5.41, 5.74) is 1.30. The lowest BCUT2D eigenvalue weighted by Gasteiger charge is -2.39. The summed E-state index contributed by atoms with van der Waals surface area (Å²) >= 11 is 0. The van der Waals surface area contributed by atoms with E-state index in [-0.39, 0.29) is 11.9 Å². The molecule has 1 aliphatic heterocycles. The Bertz CT molecular complexity index is 566. The van der Waals surface area contributed by atoms with Crippen molar-refractivity contribution in [2.45, 2.75) is 64.3 Å². The lowest BCUT2D eigenvalue weighted by molar-refractivity contribution is -0.212. The number of hydrogen-bond acceptors (Lipinski definition) is 5. The van der Waals surface area contributed by atoms with Gasteiger partial charge in [-0.15, -0.1) is 0 Å². The standard InChI is InChI=1S/C21H31NO4/c1-3-12-22-25-16-17(2)26-20-9-7-18(8-10-20)15-19-6-4-5-11-21(19)23-13-14-24-21/h7-10,12,17,19H,3-6,11,13-16H2,1-2H3/b22-12+/t17-,19?/m1/s1. The Hall–Kier alpha value is -1.59. The van der Waals surface area contributed by atoms with Gasteiger partial charge in [-0.2, -0.15) is 0 Å². The van der Waals surface area contributed by atoms with Gasteiger partial charge in [0, 0.05) is 18.6 Å². The van der Waals surface area contributed by atoms with Crippen LogP contribution in [0.4, 0.5) is 0 Å². The third kappa shape index (κ3) is 4.98. The largest absolute Gasteiger partial charge is 0.487 e. The molecule has 5 heteroatoms. The molecule has 2 atom stereocenters. The lowest BCUT2D eigenvalue weighted by Crippen LogP contribution is -2.42. The quantitative estimate of drug-likeness (QED) is 0.510. The highest BCUT2D eigenvalue weighted by molar-refractivity contribution is 5.55. The average Bonchev–Trinajstić information content (AvgIpc) is 3.12. The molecule has 0 N–H and O–H groups in total. The van der Waals surface area contributed by atoms with Gasteiger partial charge in [-0.05, 0) is 50.3 Å². The van der Waals surface area contributed by atoms with E-state index in [0.717, 1.165) is 38.2 Å². The van der Waals surface area contributed by atoms with E-state index in [1.54, 1.807) is 6.21 Å². The molecule has 1 aromatic carbocycles. The molecule has 5 nitrogen and oxygen atoms in total. The maximum atomic E-state index is 6.03. The number of ether oxygens (including phenoxy) is 3. The molecule has 1 spiro atoms. The summed E-state index contributed by atoms with van der Waals surface area (Å²) in [6, 6.07) is 8.37. The van der Waals surface area contributed by atoms with Crippen molar-refractivity contribution in [1.82, 2.24) is 0 Å². The number of oxime groups is 1. The molecule has 0 amide bonds. The molecule has 0 aromatic heterocycles. The van der Waals surface area contributed by atoms with Crippen LogP contribution in [0, 0.1) is 5.92 Å². The molecule has 2 aliphatic rings. The monoisotopic (exact) mass is 361 g/mol. The zero-order valence-corrected chi connectivity index (χ0v) is 16.0. The van der Waals surface area contributed by atoms with Crippen LogP contribution in [0.3, 0.4) is 0 Å². The first-order chi connectivity index (χ1) is 12.7. The first-order valence-corrected chi connectivity index (χ1v) is 9.89. The van der Waals surface area contributed by atoms with Crippen molar-refractivity contribution >= 4 is 6.21 Å². The highest BCUT2D eigenvalue weighted by Crippen LogP contribution is 2.42. The summed E-state index contributed by atoms with van der Waals surface area (Å²) in [5.74, 6) is 0.962. The minimum absolute atomic E-state index is 0.0447. The number of benzene rings is 1. The summed E-state index contributed by atoms with van der Waals surface area (Å²) in [5, 5.41) is 3.86. The molecule has 2 fully saturated rings. The Kier molecular flexibility index (Phi) is 6.92. The first kappa shape index (κ1) is 19.2. The van der Waals surface area contributed by atoms with Crippen LogP contribution in [0.1, 0.15) is 51.5 Å². The molecule has 26 heavy (non-hydrogen) atoms. The molecular formula is C21H31NO4. The predicted molar refractivity (Wildman–Crippen MR) is 102 cm³/mol. The van der Waals surface area contributed by atoms with Crippen molar-refractivity contribution in [3.8, 4) is 5.75 Å². The van der Waals surface area contributed by atoms with E-state index < -0.39 is 0 Å². The van der Waals surface area contributed by atoms with Crippen molar-refractivity contribution in [1.29, 1.82) is 0 Å². The molecule has 1 aromatic rings. The Labute approximate surface area is 156 Å². The molecule has 1 heterocycles. The molecule has 0 bridgehead atoms. The van der Waals surface area contributed by atoms with Crippen LogP contribution in [-0.2, 0) is 20.7 Å². The van der Waals surface area contributed by atoms with Crippen LogP contribution in [0.2, 0.25) is 0 Å². The van der Waals surface area contributed by atoms with Crippen LogP contribution in [0.15, 0.2) is 29.4 Å². The Morgan fingerprint density at radius 3 is 2.73 bits per heavy atom. The summed E-state index contributed by atoms with van der Waals surface area (Å²) < 4.78 is 17.9. The van der Waals surface area contributed by atoms with Gasteiger partial charge in [0.25, 0.3) is 0 Å². The highest BCUT2D eigenvalue weighted by atomic mass is 16.7. The van der Waals surface area contributed by atoms with Crippen LogP contribution < -0.4 is 4.74 Å². The van der Waals surface area contributed by atoms with E-state index in [9.17, 15) is 0 Å².